The van der Waals surface area contributed by atoms with E-state index in [0.29, 0.717) is 0 Å². The summed E-state index contributed by atoms with van der Waals surface area (Å²) in [5.74, 6) is -2.04. The smallest absolute Gasteiger partial charge is 0.368 e. The minimum Gasteiger partial charge on any atom is -0.383 e. The van der Waals surface area contributed by atoms with Crippen LogP contribution in [0.25, 0.3) is 0 Å². The molecule has 8 heteroatoms. The molecule has 2 rings (SSSR count). The molecule has 0 aliphatic heterocycles. The second kappa shape index (κ2) is 4.95. The molecule has 0 amide bonds. The molecule has 0 saturated heterocycles. The zero-order valence-corrected chi connectivity index (χ0v) is 8.98. The van der Waals surface area contributed by atoms with Crippen molar-refractivity contribution in [2.45, 2.75) is 0 Å². The van der Waals surface area contributed by atoms with E-state index < -0.39 is 11.9 Å². The standard InChI is InChI=1S/C10H7N5O3/c11-8-7(14-3-4-15-8)10(17)18-9(16)6-5-12-1-2-13-6/h1-5H,(H2,11,15). The molecule has 2 aromatic rings. The molecule has 2 heterocycles. The lowest BCUT2D eigenvalue weighted by atomic mass is 10.4. The lowest BCUT2D eigenvalue weighted by Gasteiger charge is -2.02. The summed E-state index contributed by atoms with van der Waals surface area (Å²) in [4.78, 5) is 37.8. The van der Waals surface area contributed by atoms with E-state index in [1.54, 1.807) is 0 Å². The summed E-state index contributed by atoms with van der Waals surface area (Å²) < 4.78 is 4.54. The molecule has 0 bridgehead atoms. The Morgan fingerprint density at radius 2 is 1.72 bits per heavy atom. The van der Waals surface area contributed by atoms with Crippen LogP contribution in [-0.2, 0) is 4.74 Å². The summed E-state index contributed by atoms with van der Waals surface area (Å²) in [6.07, 6.45) is 6.45. The molecule has 2 N–H and O–H groups in total. The minimum atomic E-state index is -0.990. The highest BCUT2D eigenvalue weighted by Crippen LogP contribution is 2.06. The highest BCUT2D eigenvalue weighted by molar-refractivity contribution is 6.02. The van der Waals surface area contributed by atoms with Crippen LogP contribution in [0.15, 0.2) is 31.0 Å². The second-order valence-corrected chi connectivity index (χ2v) is 3.06. The second-order valence-electron chi connectivity index (χ2n) is 3.06. The van der Waals surface area contributed by atoms with Crippen molar-refractivity contribution in [3.8, 4) is 0 Å². The number of hydrogen-bond donors (Lipinski definition) is 1. The van der Waals surface area contributed by atoms with Crippen molar-refractivity contribution >= 4 is 17.8 Å². The van der Waals surface area contributed by atoms with Gasteiger partial charge in [0.05, 0.1) is 6.20 Å². The van der Waals surface area contributed by atoms with Crippen molar-refractivity contribution < 1.29 is 14.3 Å². The Kier molecular flexibility index (Phi) is 3.19. The van der Waals surface area contributed by atoms with Gasteiger partial charge in [-0.15, -0.1) is 0 Å². The van der Waals surface area contributed by atoms with E-state index in [4.69, 9.17) is 5.73 Å². The SMILES string of the molecule is Nc1nccnc1C(=O)OC(=O)c1cnccn1. The van der Waals surface area contributed by atoms with Crippen molar-refractivity contribution in [2.24, 2.45) is 0 Å². The number of aromatic nitrogens is 4. The van der Waals surface area contributed by atoms with Gasteiger partial charge in [0.25, 0.3) is 0 Å². The number of carbonyl (C=O) groups excluding carboxylic acids is 2. The number of nitrogens with two attached hydrogens (primary N) is 1. The number of carbonyl (C=O) groups is 2. The predicted octanol–water partition coefficient (Wildman–Crippen LogP) is -0.154. The molecule has 0 aliphatic carbocycles. The van der Waals surface area contributed by atoms with Crippen LogP contribution in [0.2, 0.25) is 0 Å². The van der Waals surface area contributed by atoms with Gasteiger partial charge in [0, 0.05) is 24.8 Å². The average molecular weight is 245 g/mol. The van der Waals surface area contributed by atoms with Gasteiger partial charge in [0.1, 0.15) is 0 Å². The van der Waals surface area contributed by atoms with Crippen molar-refractivity contribution in [2.75, 3.05) is 5.73 Å². The maximum Gasteiger partial charge on any atom is 0.368 e. The normalized spacial score (nSPS) is 9.78. The molecule has 0 aromatic carbocycles. The summed E-state index contributed by atoms with van der Waals surface area (Å²) in [7, 11) is 0. The zero-order valence-electron chi connectivity index (χ0n) is 8.98. The summed E-state index contributed by atoms with van der Waals surface area (Å²) in [6.45, 7) is 0. The fourth-order valence-corrected chi connectivity index (χ4v) is 1.10. The van der Waals surface area contributed by atoms with Crippen molar-refractivity contribution in [3.05, 3.63) is 42.4 Å². The van der Waals surface area contributed by atoms with E-state index in [1.807, 2.05) is 0 Å². The van der Waals surface area contributed by atoms with E-state index >= 15 is 0 Å². The fraction of sp³-hybridized carbons (Fsp3) is 0. The third-order valence-corrected chi connectivity index (χ3v) is 1.88. The van der Waals surface area contributed by atoms with Crippen molar-refractivity contribution in [1.82, 2.24) is 19.9 Å². The first-order valence-corrected chi connectivity index (χ1v) is 4.77. The van der Waals surface area contributed by atoms with Gasteiger partial charge in [0.15, 0.2) is 17.2 Å². The third kappa shape index (κ3) is 2.43. The molecule has 90 valence electrons. The van der Waals surface area contributed by atoms with Gasteiger partial charge in [-0.3, -0.25) is 4.98 Å². The number of anilines is 1. The monoisotopic (exact) mass is 245 g/mol. The van der Waals surface area contributed by atoms with Gasteiger partial charge in [-0.25, -0.2) is 24.5 Å². The Morgan fingerprint density at radius 3 is 2.39 bits per heavy atom. The highest BCUT2D eigenvalue weighted by Gasteiger charge is 2.19. The van der Waals surface area contributed by atoms with Gasteiger partial charge < -0.3 is 10.5 Å². The van der Waals surface area contributed by atoms with E-state index in [9.17, 15) is 9.59 Å². The van der Waals surface area contributed by atoms with Crippen molar-refractivity contribution in [1.29, 1.82) is 0 Å². The molecule has 0 saturated carbocycles. The number of ether oxygens (including phenoxy) is 1. The Morgan fingerprint density at radius 1 is 1.00 bits per heavy atom. The molecule has 0 aliphatic rings. The quantitative estimate of drug-likeness (QED) is 0.572. The lowest BCUT2D eigenvalue weighted by molar-refractivity contribution is 0.0389. The summed E-state index contributed by atoms with van der Waals surface area (Å²) in [5, 5.41) is 0. The third-order valence-electron chi connectivity index (χ3n) is 1.88. The first-order valence-electron chi connectivity index (χ1n) is 4.77. The van der Waals surface area contributed by atoms with Crippen molar-refractivity contribution in [3.63, 3.8) is 0 Å². The first-order chi connectivity index (χ1) is 8.68. The molecular formula is C10H7N5O3. The summed E-state index contributed by atoms with van der Waals surface area (Å²) in [5.41, 5.74) is 5.11. The van der Waals surface area contributed by atoms with Crippen LogP contribution in [0.5, 0.6) is 0 Å². The lowest BCUT2D eigenvalue weighted by Crippen LogP contribution is -2.17. The van der Waals surface area contributed by atoms with Crippen LogP contribution >= 0.6 is 0 Å². The van der Waals surface area contributed by atoms with E-state index in [1.165, 1.54) is 31.0 Å². The van der Waals surface area contributed by atoms with Crippen LogP contribution in [-0.4, -0.2) is 31.9 Å². The molecule has 0 spiro atoms. The van der Waals surface area contributed by atoms with Crippen LogP contribution in [0, 0.1) is 0 Å². The Balaban J connectivity index is 2.14. The van der Waals surface area contributed by atoms with Crippen LogP contribution < -0.4 is 5.73 Å². The molecule has 0 atom stereocenters. The Hall–Kier alpha value is -2.90. The summed E-state index contributed by atoms with van der Waals surface area (Å²) >= 11 is 0. The minimum absolute atomic E-state index is 0.0895. The number of hydrogen-bond acceptors (Lipinski definition) is 8. The molecule has 0 unspecified atom stereocenters. The highest BCUT2D eigenvalue weighted by atomic mass is 16.6. The molecule has 8 nitrogen and oxygen atoms in total. The van der Waals surface area contributed by atoms with Crippen LogP contribution in [0.4, 0.5) is 5.82 Å². The topological polar surface area (TPSA) is 121 Å². The first kappa shape index (κ1) is 11.6. The maximum atomic E-state index is 11.6. The molecule has 0 fully saturated rings. The fourth-order valence-electron chi connectivity index (χ4n) is 1.10. The van der Waals surface area contributed by atoms with Gasteiger partial charge in [-0.1, -0.05) is 0 Å². The maximum absolute atomic E-state index is 11.6. The van der Waals surface area contributed by atoms with Crippen LogP contribution in [0.3, 0.4) is 0 Å². The Labute approximate surface area is 101 Å². The van der Waals surface area contributed by atoms with Gasteiger partial charge >= 0.3 is 11.9 Å². The number of nitrogen functional groups attached to an aromatic ring is 1. The molecular weight excluding hydrogens is 238 g/mol. The molecule has 0 radical (unpaired) electrons. The summed E-state index contributed by atoms with van der Waals surface area (Å²) in [6, 6.07) is 0. The van der Waals surface area contributed by atoms with Gasteiger partial charge in [0.2, 0.25) is 0 Å². The number of nitrogens with zero attached hydrogens (tertiary/aromatic N) is 4. The van der Waals surface area contributed by atoms with Gasteiger partial charge in [-0.05, 0) is 0 Å². The average Bonchev–Trinajstić information content (AvgIpc) is 2.40. The Bertz CT molecular complexity index is 587. The molecule has 18 heavy (non-hydrogen) atoms. The predicted molar refractivity (Wildman–Crippen MR) is 58.2 cm³/mol. The molecule has 2 aromatic heterocycles. The van der Waals surface area contributed by atoms with Gasteiger partial charge in [-0.2, -0.15) is 0 Å². The zero-order chi connectivity index (χ0) is 13.0. The van der Waals surface area contributed by atoms with Crippen LogP contribution in [0.1, 0.15) is 21.0 Å². The van der Waals surface area contributed by atoms with E-state index in [0.717, 1.165) is 0 Å². The van der Waals surface area contributed by atoms with E-state index in [-0.39, 0.29) is 17.2 Å². The largest absolute Gasteiger partial charge is 0.383 e. The number of rotatable bonds is 2. The number of esters is 2. The van der Waals surface area contributed by atoms with E-state index in [2.05, 4.69) is 24.7 Å².